The van der Waals surface area contributed by atoms with Crippen molar-refractivity contribution < 1.29 is 9.22 Å². The number of carbonyl (C=O) groups excluding carboxylic acids is 1. The van der Waals surface area contributed by atoms with Crippen LogP contribution in [0, 0.1) is 17.3 Å². The molecule has 0 aromatic heterocycles. The van der Waals surface area contributed by atoms with Gasteiger partial charge in [0.25, 0.3) is 0 Å². The Balaban J connectivity index is 2.18. The van der Waals surface area contributed by atoms with Crippen LogP contribution in [0.4, 0.5) is 0 Å². The first-order chi connectivity index (χ1) is 9.92. The average molecular weight is 311 g/mol. The van der Waals surface area contributed by atoms with Crippen molar-refractivity contribution >= 4 is 14.1 Å². The standard InChI is InChI=1S/C18H34O2Si/c1-6-21(7-2,8-3)20-17-10-9-13-18(5)15(14(4)19)11-12-16(17)18/h15-17H,6-13H2,1-5H3/t15-,16+,17+,18?/m1/s1. The van der Waals surface area contributed by atoms with Gasteiger partial charge in [-0.15, -0.1) is 0 Å². The Morgan fingerprint density at radius 3 is 2.29 bits per heavy atom. The lowest BCUT2D eigenvalue weighted by atomic mass is 9.63. The van der Waals surface area contributed by atoms with E-state index in [1.165, 1.54) is 43.8 Å². The molecule has 0 aromatic carbocycles. The summed E-state index contributed by atoms with van der Waals surface area (Å²) in [4.78, 5) is 12.0. The van der Waals surface area contributed by atoms with Crippen molar-refractivity contribution in [1.82, 2.24) is 0 Å². The molecular formula is C18H34O2Si. The van der Waals surface area contributed by atoms with E-state index >= 15 is 0 Å². The lowest BCUT2D eigenvalue weighted by Gasteiger charge is -2.47. The van der Waals surface area contributed by atoms with Crippen LogP contribution in [0.15, 0.2) is 0 Å². The molecule has 2 aliphatic rings. The van der Waals surface area contributed by atoms with Gasteiger partial charge in [-0.2, -0.15) is 0 Å². The summed E-state index contributed by atoms with van der Waals surface area (Å²) >= 11 is 0. The summed E-state index contributed by atoms with van der Waals surface area (Å²) in [6.07, 6.45) is 6.41. The molecule has 0 aliphatic heterocycles. The molecule has 3 heteroatoms. The first kappa shape index (κ1) is 17.2. The minimum Gasteiger partial charge on any atom is -0.414 e. The highest BCUT2D eigenvalue weighted by Gasteiger charge is 2.54. The molecule has 0 N–H and O–H groups in total. The largest absolute Gasteiger partial charge is 0.414 e. The minimum atomic E-state index is -1.53. The average Bonchev–Trinajstić information content (AvgIpc) is 2.83. The molecule has 1 unspecified atom stereocenters. The molecule has 0 bridgehead atoms. The molecule has 2 aliphatic carbocycles. The van der Waals surface area contributed by atoms with Crippen LogP contribution >= 0.6 is 0 Å². The van der Waals surface area contributed by atoms with Gasteiger partial charge in [0.05, 0.1) is 0 Å². The van der Waals surface area contributed by atoms with Crippen molar-refractivity contribution in [2.75, 3.05) is 0 Å². The quantitative estimate of drug-likeness (QED) is 0.632. The molecular weight excluding hydrogens is 276 g/mol. The van der Waals surface area contributed by atoms with Gasteiger partial charge < -0.3 is 4.43 Å². The Hall–Kier alpha value is -0.153. The maximum absolute atomic E-state index is 12.0. The topological polar surface area (TPSA) is 26.3 Å². The number of fused-ring (bicyclic) bond motifs is 1. The fourth-order valence-electron chi connectivity index (χ4n) is 5.25. The van der Waals surface area contributed by atoms with E-state index in [-0.39, 0.29) is 11.3 Å². The van der Waals surface area contributed by atoms with Gasteiger partial charge in [-0.1, -0.05) is 34.1 Å². The van der Waals surface area contributed by atoms with E-state index in [1.807, 2.05) is 0 Å². The summed E-state index contributed by atoms with van der Waals surface area (Å²) in [7, 11) is -1.53. The monoisotopic (exact) mass is 310 g/mol. The van der Waals surface area contributed by atoms with E-state index in [0.717, 1.165) is 6.42 Å². The number of Topliss-reactive ketones (excluding diaryl/α,β-unsaturated/α-hetero) is 1. The van der Waals surface area contributed by atoms with E-state index in [2.05, 4.69) is 27.7 Å². The normalized spacial score (nSPS) is 36.5. The number of rotatable bonds is 6. The molecule has 2 nitrogen and oxygen atoms in total. The van der Waals surface area contributed by atoms with E-state index in [0.29, 0.717) is 17.8 Å². The number of hydrogen-bond acceptors (Lipinski definition) is 2. The summed E-state index contributed by atoms with van der Waals surface area (Å²) in [6, 6.07) is 3.70. The smallest absolute Gasteiger partial charge is 0.192 e. The van der Waals surface area contributed by atoms with Gasteiger partial charge in [-0.25, -0.2) is 0 Å². The third-order valence-electron chi connectivity index (χ3n) is 6.89. The molecule has 2 fully saturated rings. The molecule has 4 atom stereocenters. The van der Waals surface area contributed by atoms with Crippen LogP contribution in [0.25, 0.3) is 0 Å². The Bertz CT molecular complexity index is 369. The van der Waals surface area contributed by atoms with Crippen LogP contribution in [0.3, 0.4) is 0 Å². The first-order valence-corrected chi connectivity index (χ1v) is 11.6. The Morgan fingerprint density at radius 2 is 1.76 bits per heavy atom. The second kappa shape index (κ2) is 6.53. The van der Waals surface area contributed by atoms with Gasteiger partial charge >= 0.3 is 0 Å². The zero-order valence-electron chi connectivity index (χ0n) is 14.7. The third-order valence-corrected chi connectivity index (χ3v) is 11.6. The van der Waals surface area contributed by atoms with Gasteiger partial charge in [-0.3, -0.25) is 4.79 Å². The summed E-state index contributed by atoms with van der Waals surface area (Å²) in [5.74, 6) is 1.32. The molecule has 21 heavy (non-hydrogen) atoms. The highest BCUT2D eigenvalue weighted by Crippen LogP contribution is 2.56. The van der Waals surface area contributed by atoms with Crippen molar-refractivity contribution in [3.05, 3.63) is 0 Å². The van der Waals surface area contributed by atoms with Gasteiger partial charge in [0.2, 0.25) is 0 Å². The van der Waals surface area contributed by atoms with E-state index in [4.69, 9.17) is 4.43 Å². The zero-order valence-corrected chi connectivity index (χ0v) is 15.7. The third kappa shape index (κ3) is 3.01. The van der Waals surface area contributed by atoms with Crippen molar-refractivity contribution in [2.45, 2.75) is 91.0 Å². The summed E-state index contributed by atoms with van der Waals surface area (Å²) in [5.41, 5.74) is 0.212. The predicted molar refractivity (Wildman–Crippen MR) is 90.9 cm³/mol. The van der Waals surface area contributed by atoms with E-state index in [9.17, 15) is 4.79 Å². The molecule has 0 amide bonds. The minimum absolute atomic E-state index is 0.212. The first-order valence-electron chi connectivity index (χ1n) is 9.10. The van der Waals surface area contributed by atoms with Crippen molar-refractivity contribution in [3.8, 4) is 0 Å². The maximum atomic E-state index is 12.0. The fourth-order valence-corrected chi connectivity index (χ4v) is 8.17. The lowest BCUT2D eigenvalue weighted by molar-refractivity contribution is -0.126. The zero-order chi connectivity index (χ0) is 15.7. The molecule has 2 saturated carbocycles. The highest BCUT2D eigenvalue weighted by atomic mass is 28.4. The highest BCUT2D eigenvalue weighted by molar-refractivity contribution is 6.73. The van der Waals surface area contributed by atoms with Crippen LogP contribution in [-0.2, 0) is 9.22 Å². The molecule has 0 spiro atoms. The lowest BCUT2D eigenvalue weighted by Crippen LogP contribution is -2.48. The molecule has 0 aromatic rings. The Labute approximate surface area is 132 Å². The van der Waals surface area contributed by atoms with E-state index in [1.54, 1.807) is 6.92 Å². The Kier molecular flexibility index (Phi) is 5.35. The van der Waals surface area contributed by atoms with E-state index < -0.39 is 8.32 Å². The molecule has 0 saturated heterocycles. The van der Waals surface area contributed by atoms with Crippen LogP contribution in [0.5, 0.6) is 0 Å². The predicted octanol–water partition coefficient (Wildman–Crippen LogP) is 5.18. The summed E-state index contributed by atoms with van der Waals surface area (Å²) in [6.45, 7) is 11.1. The second-order valence-electron chi connectivity index (χ2n) is 7.65. The molecule has 122 valence electrons. The van der Waals surface area contributed by atoms with Gasteiger partial charge in [0, 0.05) is 12.0 Å². The number of ketones is 1. The Morgan fingerprint density at radius 1 is 1.14 bits per heavy atom. The van der Waals surface area contributed by atoms with Crippen molar-refractivity contribution in [3.63, 3.8) is 0 Å². The van der Waals surface area contributed by atoms with Gasteiger partial charge in [-0.05, 0) is 62.1 Å². The van der Waals surface area contributed by atoms with Crippen LogP contribution < -0.4 is 0 Å². The molecule has 2 rings (SSSR count). The number of carbonyl (C=O) groups is 1. The summed E-state index contributed by atoms with van der Waals surface area (Å²) in [5, 5.41) is 0. The molecule has 0 radical (unpaired) electrons. The van der Waals surface area contributed by atoms with Crippen molar-refractivity contribution in [2.24, 2.45) is 17.3 Å². The fraction of sp³-hybridized carbons (Fsp3) is 0.944. The van der Waals surface area contributed by atoms with Crippen LogP contribution in [0.1, 0.15) is 66.7 Å². The second-order valence-corrected chi connectivity index (χ2v) is 12.4. The maximum Gasteiger partial charge on any atom is 0.192 e. The van der Waals surface area contributed by atoms with Crippen molar-refractivity contribution in [1.29, 1.82) is 0 Å². The molecule has 0 heterocycles. The van der Waals surface area contributed by atoms with Crippen LogP contribution in [-0.4, -0.2) is 20.2 Å². The summed E-state index contributed by atoms with van der Waals surface area (Å²) < 4.78 is 6.86. The van der Waals surface area contributed by atoms with Gasteiger partial charge in [0.1, 0.15) is 5.78 Å². The van der Waals surface area contributed by atoms with Crippen LogP contribution in [0.2, 0.25) is 18.1 Å². The number of hydrogen-bond donors (Lipinski definition) is 0. The SMILES string of the molecule is CC[Si](CC)(CC)O[C@H]1CCCC2(C)[C@@H](C(C)=O)CC[C@@H]12. The van der Waals surface area contributed by atoms with Gasteiger partial charge in [0.15, 0.2) is 8.32 Å².